The monoisotopic (exact) mass is 605 g/mol. The molecule has 0 amide bonds. The zero-order valence-electron chi connectivity index (χ0n) is 28.5. The Hall–Kier alpha value is -0.730. The van der Waals surface area contributed by atoms with E-state index in [1.54, 1.807) is 0 Å². The Morgan fingerprint density at radius 3 is 2.33 bits per heavy atom. The van der Waals surface area contributed by atoms with Crippen molar-refractivity contribution in [3.63, 3.8) is 0 Å². The second-order valence-corrected chi connectivity index (χ2v) is 15.9. The second-order valence-electron chi connectivity index (χ2n) is 15.9. The van der Waals surface area contributed by atoms with Crippen molar-refractivity contribution in [2.24, 2.45) is 57.8 Å². The maximum absolute atomic E-state index is 12.3. The summed E-state index contributed by atoms with van der Waals surface area (Å²) < 4.78 is 5.42. The fourth-order valence-electron chi connectivity index (χ4n) is 10.8. The molecule has 7 nitrogen and oxygen atoms in total. The van der Waals surface area contributed by atoms with Crippen LogP contribution in [0, 0.1) is 46.3 Å². The van der Waals surface area contributed by atoms with Gasteiger partial charge in [-0.3, -0.25) is 4.79 Å². The number of carbonyl (C=O) groups is 1. The van der Waals surface area contributed by atoms with E-state index in [9.17, 15) is 9.90 Å². The minimum Gasteiger partial charge on any atom is -0.463 e. The summed E-state index contributed by atoms with van der Waals surface area (Å²) in [4.78, 5) is 14.8. The molecule has 0 saturated heterocycles. The van der Waals surface area contributed by atoms with Gasteiger partial charge in [-0.2, -0.15) is 0 Å². The topological polar surface area (TPSA) is 114 Å². The molecule has 7 heteroatoms. The van der Waals surface area contributed by atoms with Crippen molar-refractivity contribution in [2.45, 2.75) is 136 Å². The van der Waals surface area contributed by atoms with E-state index < -0.39 is 0 Å². The lowest BCUT2D eigenvalue weighted by Crippen LogP contribution is -2.59. The number of nitrogens with two attached hydrogens (primary N) is 2. The van der Waals surface area contributed by atoms with Gasteiger partial charge < -0.3 is 31.5 Å². The molecular weight excluding hydrogens is 536 g/mol. The van der Waals surface area contributed by atoms with Gasteiger partial charge in [0, 0.05) is 12.5 Å². The lowest BCUT2D eigenvalue weighted by Gasteiger charge is -2.62. The second kappa shape index (κ2) is 15.7. The smallest absolute Gasteiger partial charge is 0.306 e. The molecule has 0 aromatic carbocycles. The van der Waals surface area contributed by atoms with Crippen molar-refractivity contribution in [3.8, 4) is 0 Å². The molecule has 0 bridgehead atoms. The molecule has 10 atom stereocenters. The Morgan fingerprint density at radius 2 is 1.65 bits per heavy atom. The first-order valence-electron chi connectivity index (χ1n) is 18.3. The Bertz CT molecular complexity index is 863. The number of fused-ring (bicyclic) bond motifs is 5. The van der Waals surface area contributed by atoms with Crippen molar-refractivity contribution < 1.29 is 14.6 Å². The van der Waals surface area contributed by atoms with Gasteiger partial charge in [0.05, 0.1) is 12.2 Å². The molecule has 4 aliphatic carbocycles. The van der Waals surface area contributed by atoms with Crippen LogP contribution >= 0.6 is 0 Å². The predicted octanol–water partition coefficient (Wildman–Crippen LogP) is 5.33. The minimum absolute atomic E-state index is 0.0212. The number of hydrogen-bond donors (Lipinski definition) is 4. The van der Waals surface area contributed by atoms with E-state index in [0.717, 1.165) is 76.8 Å². The van der Waals surface area contributed by atoms with Gasteiger partial charge in [0.1, 0.15) is 0 Å². The van der Waals surface area contributed by atoms with E-state index >= 15 is 0 Å². The quantitative estimate of drug-likeness (QED) is 0.139. The molecule has 0 aliphatic heterocycles. The van der Waals surface area contributed by atoms with Gasteiger partial charge in [-0.25, -0.2) is 0 Å². The average molecular weight is 605 g/mol. The number of hydrogen-bond acceptors (Lipinski definition) is 7. The van der Waals surface area contributed by atoms with Gasteiger partial charge >= 0.3 is 5.97 Å². The van der Waals surface area contributed by atoms with Crippen LogP contribution < -0.4 is 16.8 Å². The van der Waals surface area contributed by atoms with E-state index in [0.29, 0.717) is 41.5 Å². The zero-order valence-corrected chi connectivity index (χ0v) is 28.5. The summed E-state index contributed by atoms with van der Waals surface area (Å²) >= 11 is 0. The maximum Gasteiger partial charge on any atom is 0.306 e. The normalized spacial score (nSPS) is 38.0. The first-order valence-corrected chi connectivity index (χ1v) is 18.3. The third-order valence-corrected chi connectivity index (χ3v) is 13.1. The third-order valence-electron chi connectivity index (χ3n) is 13.1. The highest BCUT2D eigenvalue weighted by molar-refractivity contribution is 5.69. The summed E-state index contributed by atoms with van der Waals surface area (Å²) in [5, 5.41) is 15.9. The highest BCUT2D eigenvalue weighted by atomic mass is 16.5. The van der Waals surface area contributed by atoms with Crippen LogP contribution in [0.15, 0.2) is 0 Å². The summed E-state index contributed by atoms with van der Waals surface area (Å²) in [6, 6.07) is 0.633. The van der Waals surface area contributed by atoms with Crippen molar-refractivity contribution >= 4 is 5.97 Å². The molecule has 4 saturated carbocycles. The van der Waals surface area contributed by atoms with Crippen LogP contribution in [0.25, 0.3) is 0 Å². The van der Waals surface area contributed by atoms with Crippen molar-refractivity contribution in [1.82, 2.24) is 10.2 Å². The van der Waals surface area contributed by atoms with Crippen LogP contribution in [-0.4, -0.2) is 73.5 Å². The summed E-state index contributed by atoms with van der Waals surface area (Å²) in [5.74, 6) is 3.63. The minimum atomic E-state index is -0.232. The van der Waals surface area contributed by atoms with Crippen LogP contribution in [0.2, 0.25) is 0 Å². The molecule has 4 fully saturated rings. The molecule has 43 heavy (non-hydrogen) atoms. The number of ether oxygens (including phenoxy) is 1. The molecule has 4 aliphatic rings. The molecular formula is C36H68N4O3. The molecule has 0 heterocycles. The van der Waals surface area contributed by atoms with E-state index in [1.165, 1.54) is 51.4 Å². The van der Waals surface area contributed by atoms with Gasteiger partial charge in [-0.1, -0.05) is 20.8 Å². The Kier molecular flexibility index (Phi) is 12.8. The maximum atomic E-state index is 12.3. The number of esters is 1. The number of aliphatic hydroxyl groups excluding tert-OH is 1. The predicted molar refractivity (Wildman–Crippen MR) is 176 cm³/mol. The number of rotatable bonds is 16. The summed E-state index contributed by atoms with van der Waals surface area (Å²) in [6.07, 6.45) is 14.4. The van der Waals surface area contributed by atoms with E-state index in [1.807, 2.05) is 13.8 Å². The lowest BCUT2D eigenvalue weighted by atomic mass is 9.43. The van der Waals surface area contributed by atoms with E-state index in [-0.39, 0.29) is 23.6 Å². The van der Waals surface area contributed by atoms with Gasteiger partial charge in [-0.05, 0) is 177 Å². The number of nitrogens with one attached hydrogen (secondary N) is 1. The van der Waals surface area contributed by atoms with Crippen molar-refractivity contribution in [1.29, 1.82) is 0 Å². The Labute approximate surface area is 264 Å². The van der Waals surface area contributed by atoms with E-state index in [4.69, 9.17) is 16.2 Å². The number of carbonyl (C=O) groups excluding carboxylic acids is 1. The molecule has 0 radical (unpaired) electrons. The lowest BCUT2D eigenvalue weighted by molar-refractivity contribution is -0.170. The molecule has 6 N–H and O–H groups in total. The largest absolute Gasteiger partial charge is 0.463 e. The first kappa shape index (κ1) is 35.1. The van der Waals surface area contributed by atoms with Crippen LogP contribution in [0.1, 0.15) is 118 Å². The van der Waals surface area contributed by atoms with Crippen LogP contribution in [0.4, 0.5) is 0 Å². The van der Waals surface area contributed by atoms with Crippen LogP contribution in [0.5, 0.6) is 0 Å². The van der Waals surface area contributed by atoms with Crippen molar-refractivity contribution in [2.75, 3.05) is 39.3 Å². The van der Waals surface area contributed by atoms with Gasteiger partial charge in [0.2, 0.25) is 0 Å². The molecule has 0 spiro atoms. The van der Waals surface area contributed by atoms with Gasteiger partial charge in [0.15, 0.2) is 0 Å². The number of nitrogens with zero attached hydrogens (tertiary/aromatic N) is 1. The van der Waals surface area contributed by atoms with E-state index in [2.05, 4.69) is 31.0 Å². The molecule has 250 valence electrons. The van der Waals surface area contributed by atoms with Gasteiger partial charge in [0.25, 0.3) is 0 Å². The van der Waals surface area contributed by atoms with Gasteiger partial charge in [-0.15, -0.1) is 0 Å². The summed E-state index contributed by atoms with van der Waals surface area (Å²) in [5.41, 5.74) is 11.9. The number of aliphatic hydroxyl groups is 1. The molecule has 0 aromatic heterocycles. The van der Waals surface area contributed by atoms with Crippen LogP contribution in [-0.2, 0) is 9.53 Å². The Balaban J connectivity index is 1.30. The molecule has 0 aromatic rings. The van der Waals surface area contributed by atoms with Crippen LogP contribution in [0.3, 0.4) is 0 Å². The average Bonchev–Trinajstić information content (AvgIpc) is 3.34. The highest BCUT2D eigenvalue weighted by Gasteiger charge is 2.63. The fraction of sp³-hybridized carbons (Fsp3) is 0.972. The highest BCUT2D eigenvalue weighted by Crippen LogP contribution is 2.68. The SMILES string of the molecule is CC(C)OC(=O)CC[C@@H](C)[C@H]1CCC2C3CCC4C[C@@H](NCCCN(CCCN)CCCN)CC[C@]4(C)C3C[C@H](O)[C@@]21C. The van der Waals surface area contributed by atoms with Crippen molar-refractivity contribution in [3.05, 3.63) is 0 Å². The standard InChI is InChI=1S/C36H68N4O3/c1-25(2)43-34(42)14-9-26(3)30-12-13-31-29-11-10-27-23-28(39-19-8-22-40(20-6-17-37)21-7-18-38)15-16-35(27,4)32(29)24-33(41)36(30,31)5/h25-33,39,41H,6-24,37-38H2,1-5H3/t26-,27?,28+,29?,30-,31?,32?,33+,35+,36-/m1/s1. The molecule has 4 rings (SSSR count). The summed E-state index contributed by atoms with van der Waals surface area (Å²) in [6.45, 7) is 17.1. The third kappa shape index (κ3) is 7.99. The Morgan fingerprint density at radius 1 is 0.953 bits per heavy atom. The molecule has 4 unspecified atom stereocenters. The fourth-order valence-corrected chi connectivity index (χ4v) is 10.8. The first-order chi connectivity index (χ1) is 20.5. The zero-order chi connectivity index (χ0) is 31.2. The summed E-state index contributed by atoms with van der Waals surface area (Å²) in [7, 11) is 0.